The zero-order valence-corrected chi connectivity index (χ0v) is 8.73. The van der Waals surface area contributed by atoms with Gasteiger partial charge in [0.05, 0.1) is 5.52 Å². The van der Waals surface area contributed by atoms with Gasteiger partial charge < -0.3 is 10.1 Å². The van der Waals surface area contributed by atoms with Crippen LogP contribution in [-0.2, 0) is 0 Å². The van der Waals surface area contributed by atoms with Gasteiger partial charge in [0.25, 0.3) is 5.69 Å². The van der Waals surface area contributed by atoms with Gasteiger partial charge in [-0.3, -0.25) is 5.21 Å². The molecule has 3 rings (SSSR count). The fourth-order valence-electron chi connectivity index (χ4n) is 2.04. The van der Waals surface area contributed by atoms with Crippen LogP contribution >= 0.6 is 0 Å². The Labute approximate surface area is 91.3 Å². The molecule has 0 fully saturated rings. The Morgan fingerprint density at radius 1 is 1.19 bits per heavy atom. The topological polar surface area (TPSA) is 60.1 Å². The Kier molecular flexibility index (Phi) is 1.63. The second-order valence-corrected chi connectivity index (χ2v) is 3.89. The summed E-state index contributed by atoms with van der Waals surface area (Å²) in [4.78, 5) is 3.19. The predicted octanol–water partition coefficient (Wildman–Crippen LogP) is 1.86. The minimum absolute atomic E-state index is 0.230. The van der Waals surface area contributed by atoms with E-state index in [-0.39, 0.29) is 5.75 Å². The number of aromatic nitrogens is 2. The normalized spacial score (nSPS) is 11.3. The first-order valence-electron chi connectivity index (χ1n) is 5.02. The molecule has 0 aliphatic heterocycles. The van der Waals surface area contributed by atoms with Crippen molar-refractivity contribution in [2.24, 2.45) is 0 Å². The highest BCUT2D eigenvalue weighted by atomic mass is 16.5. The molecule has 2 heterocycles. The molecule has 0 amide bonds. The zero-order chi connectivity index (χ0) is 11.3. The van der Waals surface area contributed by atoms with Gasteiger partial charge in [-0.05, 0) is 12.1 Å². The van der Waals surface area contributed by atoms with Crippen molar-refractivity contribution in [2.45, 2.75) is 6.92 Å². The van der Waals surface area contributed by atoms with Crippen LogP contribution in [0.15, 0.2) is 30.5 Å². The van der Waals surface area contributed by atoms with Gasteiger partial charge >= 0.3 is 0 Å². The van der Waals surface area contributed by atoms with Crippen LogP contribution < -0.4 is 4.73 Å². The summed E-state index contributed by atoms with van der Waals surface area (Å²) < 4.78 is 1.08. The molecular weight excluding hydrogens is 204 g/mol. The van der Waals surface area contributed by atoms with Crippen LogP contribution in [0.25, 0.3) is 21.8 Å². The number of hydrogen-bond donors (Lipinski definition) is 3. The zero-order valence-electron chi connectivity index (χ0n) is 8.73. The van der Waals surface area contributed by atoms with Crippen molar-refractivity contribution in [3.8, 4) is 5.75 Å². The molecule has 3 N–H and O–H groups in total. The van der Waals surface area contributed by atoms with Crippen LogP contribution in [0.1, 0.15) is 5.69 Å². The van der Waals surface area contributed by atoms with Gasteiger partial charge in [-0.1, -0.05) is 0 Å². The first kappa shape index (κ1) is 9.03. The van der Waals surface area contributed by atoms with Crippen molar-refractivity contribution in [3.05, 3.63) is 36.2 Å². The Morgan fingerprint density at radius 2 is 2.00 bits per heavy atom. The number of benzene rings is 1. The number of pyridine rings is 1. The highest BCUT2D eigenvalue weighted by molar-refractivity contribution is 6.07. The molecule has 4 nitrogen and oxygen atoms in total. The van der Waals surface area contributed by atoms with Crippen LogP contribution in [0.4, 0.5) is 0 Å². The van der Waals surface area contributed by atoms with E-state index in [0.29, 0.717) is 0 Å². The number of phenols is 1. The van der Waals surface area contributed by atoms with E-state index in [4.69, 9.17) is 0 Å². The highest BCUT2D eigenvalue weighted by Gasteiger charge is 2.14. The van der Waals surface area contributed by atoms with Crippen molar-refractivity contribution in [1.82, 2.24) is 4.98 Å². The smallest absolute Gasteiger partial charge is 0.254 e. The summed E-state index contributed by atoms with van der Waals surface area (Å²) in [5, 5.41) is 21.0. The molecule has 80 valence electrons. The molecular formula is C12H11N2O2+. The third-order valence-corrected chi connectivity index (χ3v) is 2.91. The maximum atomic E-state index is 9.54. The molecule has 2 aromatic heterocycles. The van der Waals surface area contributed by atoms with Gasteiger partial charge in [0, 0.05) is 34.6 Å². The van der Waals surface area contributed by atoms with Gasteiger partial charge in [-0.15, -0.1) is 0 Å². The monoisotopic (exact) mass is 215 g/mol. The maximum Gasteiger partial charge on any atom is 0.254 e. The molecule has 4 heteroatoms. The summed E-state index contributed by atoms with van der Waals surface area (Å²) in [6.07, 6.45) is 1.61. The SMILES string of the molecule is Cc1c2[nH]c3cc(O)ccc3c2cc[n+]1O. The number of aromatic amines is 1. The van der Waals surface area contributed by atoms with Crippen molar-refractivity contribution in [1.29, 1.82) is 0 Å². The Morgan fingerprint density at radius 3 is 2.81 bits per heavy atom. The summed E-state index contributed by atoms with van der Waals surface area (Å²) in [5.74, 6) is 0.230. The minimum atomic E-state index is 0.230. The molecule has 0 aliphatic carbocycles. The average molecular weight is 215 g/mol. The number of fused-ring (bicyclic) bond motifs is 3. The van der Waals surface area contributed by atoms with E-state index in [9.17, 15) is 10.3 Å². The van der Waals surface area contributed by atoms with Crippen molar-refractivity contribution >= 4 is 21.8 Å². The van der Waals surface area contributed by atoms with Crippen LogP contribution in [0.2, 0.25) is 0 Å². The van der Waals surface area contributed by atoms with E-state index >= 15 is 0 Å². The lowest BCUT2D eigenvalue weighted by Gasteiger charge is -1.92. The molecule has 0 aliphatic rings. The fourth-order valence-corrected chi connectivity index (χ4v) is 2.04. The highest BCUT2D eigenvalue weighted by Crippen LogP contribution is 2.28. The number of nitrogens with zero attached hydrogens (tertiary/aromatic N) is 1. The first-order valence-corrected chi connectivity index (χ1v) is 5.02. The van der Waals surface area contributed by atoms with Crippen LogP contribution in [-0.4, -0.2) is 15.3 Å². The Balaban J connectivity index is 2.55. The molecule has 0 saturated carbocycles. The Bertz CT molecular complexity index is 701. The Hall–Kier alpha value is -2.23. The number of nitrogens with one attached hydrogen (secondary N) is 1. The lowest BCUT2D eigenvalue weighted by molar-refractivity contribution is -0.907. The number of H-pyrrole nitrogens is 1. The third kappa shape index (κ3) is 1.07. The lowest BCUT2D eigenvalue weighted by atomic mass is 10.1. The number of rotatable bonds is 0. The summed E-state index contributed by atoms with van der Waals surface area (Å²) in [5.41, 5.74) is 2.49. The molecule has 0 radical (unpaired) electrons. The number of phenolic OH excluding ortho intramolecular Hbond substituents is 1. The van der Waals surface area contributed by atoms with Gasteiger partial charge in [0.1, 0.15) is 11.3 Å². The molecule has 0 spiro atoms. The van der Waals surface area contributed by atoms with E-state index in [0.717, 1.165) is 32.2 Å². The van der Waals surface area contributed by atoms with Gasteiger partial charge in [-0.25, -0.2) is 0 Å². The first-order chi connectivity index (χ1) is 7.66. The quantitative estimate of drug-likeness (QED) is 0.396. The summed E-state index contributed by atoms with van der Waals surface area (Å²) in [6.45, 7) is 1.83. The van der Waals surface area contributed by atoms with E-state index in [1.807, 2.05) is 19.1 Å². The average Bonchev–Trinajstić information content (AvgIpc) is 2.62. The molecule has 0 bridgehead atoms. The molecule has 3 aromatic rings. The van der Waals surface area contributed by atoms with Crippen molar-refractivity contribution in [2.75, 3.05) is 0 Å². The van der Waals surface area contributed by atoms with E-state index < -0.39 is 0 Å². The molecule has 16 heavy (non-hydrogen) atoms. The van der Waals surface area contributed by atoms with Gasteiger partial charge in [0.15, 0.2) is 0 Å². The maximum absolute atomic E-state index is 9.54. The van der Waals surface area contributed by atoms with Crippen LogP contribution in [0, 0.1) is 6.92 Å². The predicted molar refractivity (Wildman–Crippen MR) is 59.6 cm³/mol. The molecule has 1 aromatic carbocycles. The molecule has 0 saturated heterocycles. The number of hydrogen-bond acceptors (Lipinski definition) is 2. The van der Waals surface area contributed by atoms with Crippen LogP contribution in [0.5, 0.6) is 5.75 Å². The summed E-state index contributed by atoms with van der Waals surface area (Å²) >= 11 is 0. The van der Waals surface area contributed by atoms with Gasteiger partial charge in [0.2, 0.25) is 6.20 Å². The molecule has 0 atom stereocenters. The largest absolute Gasteiger partial charge is 0.508 e. The lowest BCUT2D eigenvalue weighted by Crippen LogP contribution is -2.32. The minimum Gasteiger partial charge on any atom is -0.508 e. The van der Waals surface area contributed by atoms with E-state index in [2.05, 4.69) is 4.98 Å². The fraction of sp³-hybridized carbons (Fsp3) is 0.0833. The number of aromatic hydroxyl groups is 1. The van der Waals surface area contributed by atoms with Gasteiger partial charge in [-0.2, -0.15) is 0 Å². The standard InChI is InChI=1S/C12H10N2O2/c1-7-12-10(4-5-14(7)16)9-3-2-8(15)6-11(9)13-12/h2-6,16H,1H3,(H,13,15)/p+1. The van der Waals surface area contributed by atoms with Crippen LogP contribution in [0.3, 0.4) is 0 Å². The number of aryl methyl sites for hydroxylation is 1. The second kappa shape index (κ2) is 2.88. The van der Waals surface area contributed by atoms with Crippen molar-refractivity contribution < 1.29 is 15.0 Å². The van der Waals surface area contributed by atoms with Crippen molar-refractivity contribution in [3.63, 3.8) is 0 Å². The summed E-state index contributed by atoms with van der Waals surface area (Å²) in [6, 6.07) is 7.05. The third-order valence-electron chi connectivity index (χ3n) is 2.91. The van der Waals surface area contributed by atoms with E-state index in [1.165, 1.54) is 0 Å². The second-order valence-electron chi connectivity index (χ2n) is 3.89. The summed E-state index contributed by atoms with van der Waals surface area (Å²) in [7, 11) is 0. The molecule has 0 unspecified atom stereocenters. The van der Waals surface area contributed by atoms with E-state index in [1.54, 1.807) is 18.3 Å².